The number of aromatic carboxylic acids is 1. The molecule has 7 heteroatoms. The number of anilines is 1. The smallest absolute Gasteiger partial charge is 0.335 e. The minimum atomic E-state index is -0.987. The zero-order valence-electron chi connectivity index (χ0n) is 18.9. The number of hydrogen-bond acceptors (Lipinski definition) is 5. The summed E-state index contributed by atoms with van der Waals surface area (Å²) >= 11 is 0. The van der Waals surface area contributed by atoms with Crippen molar-refractivity contribution in [3.63, 3.8) is 0 Å². The second kappa shape index (κ2) is 11.3. The lowest BCUT2D eigenvalue weighted by molar-refractivity contribution is -0.112. The Kier molecular flexibility index (Phi) is 8.03. The number of nitrogens with one attached hydrogen (secondary N) is 1. The third-order valence-corrected chi connectivity index (χ3v) is 4.93. The van der Waals surface area contributed by atoms with Gasteiger partial charge in [0.1, 0.15) is 18.2 Å². The Morgan fingerprint density at radius 2 is 1.76 bits per heavy atom. The van der Waals surface area contributed by atoms with Crippen LogP contribution in [0, 0.1) is 18.3 Å². The molecule has 0 atom stereocenters. The molecule has 0 spiro atoms. The second-order valence-electron chi connectivity index (χ2n) is 7.37. The van der Waals surface area contributed by atoms with E-state index in [0.717, 1.165) is 11.1 Å². The third kappa shape index (κ3) is 6.24. The lowest BCUT2D eigenvalue weighted by Crippen LogP contribution is -2.14. The van der Waals surface area contributed by atoms with Gasteiger partial charge < -0.3 is 19.9 Å². The molecule has 1 amide bonds. The van der Waals surface area contributed by atoms with E-state index in [1.165, 1.54) is 18.2 Å². The van der Waals surface area contributed by atoms with Crippen molar-refractivity contribution in [2.24, 2.45) is 0 Å². The van der Waals surface area contributed by atoms with Crippen LogP contribution in [0.3, 0.4) is 0 Å². The summed E-state index contributed by atoms with van der Waals surface area (Å²) < 4.78 is 11.6. The summed E-state index contributed by atoms with van der Waals surface area (Å²) in [5.74, 6) is -0.529. The standard InChI is InChI=1S/C27H24N2O5/c1-3-33-25-15-20(14-22(16-28)26(30)29-23-7-5-4-6-18(23)2)10-13-24(25)34-17-19-8-11-21(12-9-19)27(31)32/h4-15H,3,17H2,1-2H3,(H,29,30)(H,31,32)/b22-14-. The molecule has 0 fully saturated rings. The average Bonchev–Trinajstić information content (AvgIpc) is 2.83. The van der Waals surface area contributed by atoms with Gasteiger partial charge in [0.2, 0.25) is 0 Å². The van der Waals surface area contributed by atoms with Crippen molar-refractivity contribution in [3.8, 4) is 17.6 Å². The maximum atomic E-state index is 12.6. The summed E-state index contributed by atoms with van der Waals surface area (Å²) in [6.45, 7) is 4.33. The van der Waals surface area contributed by atoms with E-state index in [1.807, 2.05) is 38.1 Å². The van der Waals surface area contributed by atoms with Gasteiger partial charge in [-0.3, -0.25) is 4.79 Å². The first-order valence-corrected chi connectivity index (χ1v) is 10.6. The van der Waals surface area contributed by atoms with E-state index in [-0.39, 0.29) is 17.7 Å². The molecule has 0 heterocycles. The molecular weight excluding hydrogens is 432 g/mol. The second-order valence-corrected chi connectivity index (χ2v) is 7.37. The summed E-state index contributed by atoms with van der Waals surface area (Å²) in [6, 6.07) is 20.8. The van der Waals surface area contributed by atoms with Crippen molar-refractivity contribution in [2.45, 2.75) is 20.5 Å². The number of aryl methyl sites for hydroxylation is 1. The maximum Gasteiger partial charge on any atom is 0.335 e. The van der Waals surface area contributed by atoms with E-state index in [9.17, 15) is 14.9 Å². The van der Waals surface area contributed by atoms with E-state index < -0.39 is 11.9 Å². The molecule has 7 nitrogen and oxygen atoms in total. The number of carboxylic acid groups (broad SMARTS) is 1. The topological polar surface area (TPSA) is 109 Å². The number of amides is 1. The molecule has 0 saturated heterocycles. The van der Waals surface area contributed by atoms with Gasteiger partial charge in [0, 0.05) is 5.69 Å². The van der Waals surface area contributed by atoms with Gasteiger partial charge in [0.15, 0.2) is 11.5 Å². The number of ether oxygens (including phenoxy) is 2. The summed E-state index contributed by atoms with van der Waals surface area (Å²) in [4.78, 5) is 23.6. The number of rotatable bonds is 9. The first-order chi connectivity index (χ1) is 16.4. The molecule has 0 radical (unpaired) electrons. The molecule has 172 valence electrons. The van der Waals surface area contributed by atoms with Crippen molar-refractivity contribution in [1.29, 1.82) is 5.26 Å². The van der Waals surface area contributed by atoms with Crippen LogP contribution < -0.4 is 14.8 Å². The van der Waals surface area contributed by atoms with Crippen molar-refractivity contribution in [3.05, 3.63) is 94.6 Å². The Morgan fingerprint density at radius 1 is 1.03 bits per heavy atom. The highest BCUT2D eigenvalue weighted by Crippen LogP contribution is 2.30. The third-order valence-electron chi connectivity index (χ3n) is 4.93. The van der Waals surface area contributed by atoms with Crippen LogP contribution in [0.4, 0.5) is 5.69 Å². The van der Waals surface area contributed by atoms with Crippen LogP contribution in [0.1, 0.15) is 34.0 Å². The predicted octanol–water partition coefficient (Wildman–Crippen LogP) is 5.22. The monoisotopic (exact) mass is 456 g/mol. The molecule has 0 unspecified atom stereocenters. The molecular formula is C27H24N2O5. The Bertz CT molecular complexity index is 1260. The molecule has 3 rings (SSSR count). The number of hydrogen-bond donors (Lipinski definition) is 2. The van der Waals surface area contributed by atoms with Crippen LogP contribution in [-0.4, -0.2) is 23.6 Å². The molecule has 3 aromatic rings. The molecule has 0 aliphatic carbocycles. The average molecular weight is 456 g/mol. The highest BCUT2D eigenvalue weighted by atomic mass is 16.5. The van der Waals surface area contributed by atoms with Gasteiger partial charge in [-0.1, -0.05) is 36.4 Å². The Labute approximate surface area is 197 Å². The Hall–Kier alpha value is -4.57. The van der Waals surface area contributed by atoms with Crippen LogP contribution in [0.2, 0.25) is 0 Å². The van der Waals surface area contributed by atoms with Gasteiger partial charge in [-0.2, -0.15) is 5.26 Å². The molecule has 0 aromatic heterocycles. The van der Waals surface area contributed by atoms with E-state index in [4.69, 9.17) is 14.6 Å². The highest BCUT2D eigenvalue weighted by molar-refractivity contribution is 6.10. The summed E-state index contributed by atoms with van der Waals surface area (Å²) in [6.07, 6.45) is 1.49. The van der Waals surface area contributed by atoms with Crippen LogP contribution >= 0.6 is 0 Å². The largest absolute Gasteiger partial charge is 0.490 e. The molecule has 0 aliphatic rings. The Morgan fingerprint density at radius 3 is 2.41 bits per heavy atom. The van der Waals surface area contributed by atoms with E-state index >= 15 is 0 Å². The van der Waals surface area contributed by atoms with Crippen LogP contribution in [-0.2, 0) is 11.4 Å². The number of benzene rings is 3. The Balaban J connectivity index is 1.77. The van der Waals surface area contributed by atoms with Crippen molar-refractivity contribution < 1.29 is 24.2 Å². The number of carbonyl (C=O) groups excluding carboxylic acids is 1. The van der Waals surface area contributed by atoms with Crippen LogP contribution in [0.5, 0.6) is 11.5 Å². The fourth-order valence-electron chi connectivity index (χ4n) is 3.12. The van der Waals surface area contributed by atoms with Crippen molar-refractivity contribution in [2.75, 3.05) is 11.9 Å². The lowest BCUT2D eigenvalue weighted by Gasteiger charge is -2.13. The van der Waals surface area contributed by atoms with E-state index in [1.54, 1.807) is 36.4 Å². The summed E-state index contributed by atoms with van der Waals surface area (Å²) in [7, 11) is 0. The van der Waals surface area contributed by atoms with Gasteiger partial charge in [-0.15, -0.1) is 0 Å². The number of nitrogens with zero attached hydrogens (tertiary/aromatic N) is 1. The van der Waals surface area contributed by atoms with E-state index in [0.29, 0.717) is 29.4 Å². The SMILES string of the molecule is CCOc1cc(/C=C(/C#N)C(=O)Nc2ccccc2C)ccc1OCc1ccc(C(=O)O)cc1. The van der Waals surface area contributed by atoms with Gasteiger partial charge in [0.25, 0.3) is 5.91 Å². The van der Waals surface area contributed by atoms with Gasteiger partial charge in [-0.25, -0.2) is 4.79 Å². The summed E-state index contributed by atoms with van der Waals surface area (Å²) in [5.41, 5.74) is 3.11. The first-order valence-electron chi connectivity index (χ1n) is 10.6. The van der Waals surface area contributed by atoms with Crippen molar-refractivity contribution in [1.82, 2.24) is 0 Å². The minimum Gasteiger partial charge on any atom is -0.490 e. The zero-order valence-corrected chi connectivity index (χ0v) is 18.9. The predicted molar refractivity (Wildman–Crippen MR) is 129 cm³/mol. The van der Waals surface area contributed by atoms with Crippen LogP contribution in [0.15, 0.2) is 72.3 Å². The number of nitriles is 1. The number of carbonyl (C=O) groups is 2. The molecule has 34 heavy (non-hydrogen) atoms. The quantitative estimate of drug-likeness (QED) is 0.338. The lowest BCUT2D eigenvalue weighted by atomic mass is 10.1. The normalized spacial score (nSPS) is 10.8. The molecule has 2 N–H and O–H groups in total. The van der Waals surface area contributed by atoms with Crippen LogP contribution in [0.25, 0.3) is 6.08 Å². The molecule has 0 aliphatic heterocycles. The minimum absolute atomic E-state index is 0.0436. The van der Waals surface area contributed by atoms with Gasteiger partial charge in [-0.05, 0) is 66.9 Å². The summed E-state index contributed by atoms with van der Waals surface area (Å²) in [5, 5.41) is 21.3. The maximum absolute atomic E-state index is 12.6. The molecule has 0 saturated carbocycles. The number of para-hydroxylation sites is 1. The first kappa shape index (κ1) is 24.1. The molecule has 0 bridgehead atoms. The molecule has 3 aromatic carbocycles. The zero-order chi connectivity index (χ0) is 24.5. The number of carboxylic acids is 1. The fourth-order valence-corrected chi connectivity index (χ4v) is 3.12. The van der Waals surface area contributed by atoms with Gasteiger partial charge in [0.05, 0.1) is 12.2 Å². The fraction of sp³-hybridized carbons (Fsp3) is 0.148. The van der Waals surface area contributed by atoms with E-state index in [2.05, 4.69) is 5.32 Å². The highest BCUT2D eigenvalue weighted by Gasteiger charge is 2.13. The van der Waals surface area contributed by atoms with Crippen molar-refractivity contribution >= 4 is 23.6 Å². The van der Waals surface area contributed by atoms with Gasteiger partial charge >= 0.3 is 5.97 Å².